The van der Waals surface area contributed by atoms with Gasteiger partial charge in [-0.25, -0.2) is 14.2 Å². The van der Waals surface area contributed by atoms with Gasteiger partial charge in [0.2, 0.25) is 5.78 Å². The van der Waals surface area contributed by atoms with Crippen LogP contribution in [0.25, 0.3) is 5.69 Å². The average Bonchev–Trinajstić information content (AvgIpc) is 2.95. The van der Waals surface area contributed by atoms with Crippen molar-refractivity contribution in [2.24, 2.45) is 0 Å². The van der Waals surface area contributed by atoms with E-state index >= 15 is 0 Å². The molecule has 3 rings (SSSR count). The standard InChI is InChI=1S/C20H16ClFN2O3/c1-12-10-15(13(2)24(12)17-8-4-3-7-16(17)22)18(25)11-27-20(26)14-6-5-9-23-19(14)21/h3-10H,11H2,1-2H3. The SMILES string of the molecule is Cc1cc(C(=O)COC(=O)c2cccnc2Cl)c(C)n1-c1ccccc1F. The molecule has 1 aromatic carbocycles. The summed E-state index contributed by atoms with van der Waals surface area (Å²) in [5.74, 6) is -1.51. The second kappa shape index (κ2) is 7.72. The van der Waals surface area contributed by atoms with Crippen LogP contribution in [0.2, 0.25) is 5.15 Å². The van der Waals surface area contributed by atoms with Gasteiger partial charge < -0.3 is 9.30 Å². The molecular weight excluding hydrogens is 371 g/mol. The number of para-hydroxylation sites is 1. The highest BCUT2D eigenvalue weighted by Crippen LogP contribution is 2.23. The molecule has 0 N–H and O–H groups in total. The van der Waals surface area contributed by atoms with Gasteiger partial charge in [-0.3, -0.25) is 4.79 Å². The number of nitrogens with zero attached hydrogens (tertiary/aromatic N) is 2. The molecule has 0 spiro atoms. The number of esters is 1. The number of rotatable bonds is 5. The molecule has 0 saturated heterocycles. The quantitative estimate of drug-likeness (QED) is 0.372. The van der Waals surface area contributed by atoms with E-state index in [-0.39, 0.29) is 16.5 Å². The van der Waals surface area contributed by atoms with Gasteiger partial charge in [0.05, 0.1) is 11.3 Å². The Kier molecular flexibility index (Phi) is 5.37. The second-order valence-corrected chi connectivity index (χ2v) is 6.27. The third-order valence-corrected chi connectivity index (χ3v) is 4.44. The summed E-state index contributed by atoms with van der Waals surface area (Å²) in [6, 6.07) is 11.0. The van der Waals surface area contributed by atoms with Crippen molar-refractivity contribution in [3.05, 3.63) is 82.1 Å². The van der Waals surface area contributed by atoms with Crippen LogP contribution in [0.1, 0.15) is 32.1 Å². The molecule has 0 aliphatic carbocycles. The minimum Gasteiger partial charge on any atom is -0.454 e. The lowest BCUT2D eigenvalue weighted by Gasteiger charge is -2.11. The minimum atomic E-state index is -0.732. The van der Waals surface area contributed by atoms with Crippen LogP contribution in [0.5, 0.6) is 0 Å². The highest BCUT2D eigenvalue weighted by molar-refractivity contribution is 6.32. The first-order valence-electron chi connectivity index (χ1n) is 8.15. The van der Waals surface area contributed by atoms with Crippen molar-refractivity contribution >= 4 is 23.4 Å². The summed E-state index contributed by atoms with van der Waals surface area (Å²) in [5.41, 5.74) is 2.07. The molecule has 0 aliphatic heterocycles. The summed E-state index contributed by atoms with van der Waals surface area (Å²) in [4.78, 5) is 28.4. The smallest absolute Gasteiger partial charge is 0.341 e. The Morgan fingerprint density at radius 2 is 1.89 bits per heavy atom. The van der Waals surface area contributed by atoms with Crippen molar-refractivity contribution in [1.82, 2.24) is 9.55 Å². The first-order chi connectivity index (χ1) is 12.9. The summed E-state index contributed by atoms with van der Waals surface area (Å²) in [7, 11) is 0. The maximum Gasteiger partial charge on any atom is 0.341 e. The predicted octanol–water partition coefficient (Wildman–Crippen LogP) is 4.32. The van der Waals surface area contributed by atoms with E-state index < -0.39 is 18.4 Å². The molecule has 0 atom stereocenters. The lowest BCUT2D eigenvalue weighted by Crippen LogP contribution is -2.15. The van der Waals surface area contributed by atoms with Gasteiger partial charge in [-0.05, 0) is 44.2 Å². The highest BCUT2D eigenvalue weighted by Gasteiger charge is 2.20. The van der Waals surface area contributed by atoms with E-state index in [1.54, 1.807) is 48.7 Å². The number of aromatic nitrogens is 2. The van der Waals surface area contributed by atoms with Gasteiger partial charge in [0.1, 0.15) is 11.0 Å². The highest BCUT2D eigenvalue weighted by atomic mass is 35.5. The molecule has 0 fully saturated rings. The summed E-state index contributed by atoms with van der Waals surface area (Å²) >= 11 is 5.85. The van der Waals surface area contributed by atoms with Crippen LogP contribution >= 0.6 is 11.6 Å². The van der Waals surface area contributed by atoms with E-state index in [4.69, 9.17) is 16.3 Å². The Morgan fingerprint density at radius 1 is 1.15 bits per heavy atom. The third kappa shape index (κ3) is 3.75. The molecule has 2 aromatic heterocycles. The number of ether oxygens (including phenoxy) is 1. The largest absolute Gasteiger partial charge is 0.454 e. The van der Waals surface area contributed by atoms with Crippen LogP contribution in [-0.4, -0.2) is 27.9 Å². The predicted molar refractivity (Wildman–Crippen MR) is 99.1 cm³/mol. The van der Waals surface area contributed by atoms with E-state index in [0.29, 0.717) is 22.6 Å². The Bertz CT molecular complexity index is 1030. The lowest BCUT2D eigenvalue weighted by atomic mass is 10.1. The zero-order valence-electron chi connectivity index (χ0n) is 14.7. The maximum absolute atomic E-state index is 14.1. The van der Waals surface area contributed by atoms with E-state index in [9.17, 15) is 14.0 Å². The molecule has 0 radical (unpaired) electrons. The number of aryl methyl sites for hydroxylation is 1. The van der Waals surface area contributed by atoms with Crippen LogP contribution in [-0.2, 0) is 4.74 Å². The Hall–Kier alpha value is -2.99. The number of hydrogen-bond acceptors (Lipinski definition) is 4. The summed E-state index contributed by atoms with van der Waals surface area (Å²) in [6.07, 6.45) is 1.45. The number of halogens is 2. The van der Waals surface area contributed by atoms with Crippen molar-refractivity contribution in [3.8, 4) is 5.69 Å². The number of ketones is 1. The molecule has 0 bridgehead atoms. The monoisotopic (exact) mass is 386 g/mol. The molecule has 0 amide bonds. The van der Waals surface area contributed by atoms with Crippen molar-refractivity contribution in [2.45, 2.75) is 13.8 Å². The maximum atomic E-state index is 14.1. The lowest BCUT2D eigenvalue weighted by molar-refractivity contribution is 0.0474. The van der Waals surface area contributed by atoms with Crippen LogP contribution in [0.4, 0.5) is 4.39 Å². The van der Waals surface area contributed by atoms with Gasteiger partial charge in [0.15, 0.2) is 6.61 Å². The topological polar surface area (TPSA) is 61.2 Å². The van der Waals surface area contributed by atoms with Crippen molar-refractivity contribution in [2.75, 3.05) is 6.61 Å². The molecule has 2 heterocycles. The fraction of sp³-hybridized carbons (Fsp3) is 0.150. The van der Waals surface area contributed by atoms with Crippen LogP contribution < -0.4 is 0 Å². The first-order valence-corrected chi connectivity index (χ1v) is 8.52. The number of Topliss-reactive ketones (excluding diaryl/α,β-unsaturated/α-hetero) is 1. The number of pyridine rings is 1. The summed E-state index contributed by atoms with van der Waals surface area (Å²) in [5, 5.41) is 0.00711. The Morgan fingerprint density at radius 3 is 2.59 bits per heavy atom. The van der Waals surface area contributed by atoms with Crippen LogP contribution in [0.15, 0.2) is 48.7 Å². The van der Waals surface area contributed by atoms with Gasteiger partial charge in [0.25, 0.3) is 0 Å². The molecule has 0 saturated carbocycles. The van der Waals surface area contributed by atoms with Gasteiger partial charge in [0, 0.05) is 23.1 Å². The molecule has 27 heavy (non-hydrogen) atoms. The summed E-state index contributed by atoms with van der Waals surface area (Å²) in [6.45, 7) is 3.04. The summed E-state index contributed by atoms with van der Waals surface area (Å²) < 4.78 is 20.8. The number of carbonyl (C=O) groups excluding carboxylic acids is 2. The van der Waals surface area contributed by atoms with Crippen molar-refractivity contribution < 1.29 is 18.7 Å². The van der Waals surface area contributed by atoms with E-state index in [2.05, 4.69) is 4.98 Å². The molecule has 0 aliphatic rings. The van der Waals surface area contributed by atoms with Crippen molar-refractivity contribution in [3.63, 3.8) is 0 Å². The first kappa shape index (κ1) is 18.8. The van der Waals surface area contributed by atoms with Gasteiger partial charge >= 0.3 is 5.97 Å². The minimum absolute atomic E-state index is 0.00711. The fourth-order valence-electron chi connectivity index (χ4n) is 2.87. The average molecular weight is 387 g/mol. The zero-order chi connectivity index (χ0) is 19.6. The number of carbonyl (C=O) groups is 2. The molecular formula is C20H16ClFN2O3. The molecule has 138 valence electrons. The van der Waals surface area contributed by atoms with Gasteiger partial charge in [-0.15, -0.1) is 0 Å². The Labute approximate surface area is 160 Å². The second-order valence-electron chi connectivity index (χ2n) is 5.91. The molecule has 5 nitrogen and oxygen atoms in total. The van der Waals surface area contributed by atoms with Gasteiger partial charge in [-0.1, -0.05) is 23.7 Å². The number of benzene rings is 1. The van der Waals surface area contributed by atoms with E-state index in [1.807, 2.05) is 0 Å². The fourth-order valence-corrected chi connectivity index (χ4v) is 3.07. The van der Waals surface area contributed by atoms with Crippen LogP contribution in [0.3, 0.4) is 0 Å². The normalized spacial score (nSPS) is 10.7. The van der Waals surface area contributed by atoms with E-state index in [1.165, 1.54) is 18.3 Å². The zero-order valence-corrected chi connectivity index (χ0v) is 15.5. The third-order valence-electron chi connectivity index (χ3n) is 4.14. The van der Waals surface area contributed by atoms with Crippen LogP contribution in [0, 0.1) is 19.7 Å². The molecule has 3 aromatic rings. The Balaban J connectivity index is 1.80. The van der Waals surface area contributed by atoms with E-state index in [0.717, 1.165) is 0 Å². The molecule has 7 heteroatoms. The van der Waals surface area contributed by atoms with Crippen molar-refractivity contribution in [1.29, 1.82) is 0 Å². The molecule has 0 unspecified atom stereocenters. The number of hydrogen-bond donors (Lipinski definition) is 0. The van der Waals surface area contributed by atoms with Gasteiger partial charge in [-0.2, -0.15) is 0 Å².